The number of carboxylic acid groups (broad SMARTS) is 1. The lowest BCUT2D eigenvalue weighted by atomic mass is 10.3. The molecular formula is C10H15N3O5. The number of carbonyl (C=O) groups excluding carboxylic acids is 1. The molecule has 0 saturated heterocycles. The van der Waals surface area contributed by atoms with E-state index in [-0.39, 0.29) is 6.54 Å². The van der Waals surface area contributed by atoms with Crippen LogP contribution in [0.15, 0.2) is 4.42 Å². The first-order chi connectivity index (χ1) is 8.43. The number of amides is 2. The summed E-state index contributed by atoms with van der Waals surface area (Å²) < 4.78 is 5.22. The summed E-state index contributed by atoms with van der Waals surface area (Å²) in [5, 5.41) is 21.8. The quantitative estimate of drug-likeness (QED) is 0.565. The number of oxazole rings is 1. The van der Waals surface area contributed by atoms with Gasteiger partial charge in [0, 0.05) is 0 Å². The molecule has 0 aliphatic carbocycles. The Bertz CT molecular complexity index is 423. The van der Waals surface area contributed by atoms with Crippen molar-refractivity contribution in [1.82, 2.24) is 15.6 Å². The zero-order chi connectivity index (χ0) is 13.7. The monoisotopic (exact) mass is 257 g/mol. The number of aliphatic carboxylic acids is 1. The van der Waals surface area contributed by atoms with E-state index in [0.29, 0.717) is 11.7 Å². The van der Waals surface area contributed by atoms with Crippen LogP contribution in [0.5, 0.6) is 0 Å². The van der Waals surface area contributed by atoms with E-state index in [2.05, 4.69) is 15.6 Å². The van der Waals surface area contributed by atoms with Gasteiger partial charge in [0.25, 0.3) is 0 Å². The second-order valence-corrected chi connectivity index (χ2v) is 3.65. The van der Waals surface area contributed by atoms with E-state index in [1.54, 1.807) is 13.8 Å². The summed E-state index contributed by atoms with van der Waals surface area (Å²) in [6.07, 6.45) is 0. The van der Waals surface area contributed by atoms with Gasteiger partial charge in [-0.2, -0.15) is 0 Å². The van der Waals surface area contributed by atoms with Crippen LogP contribution < -0.4 is 10.6 Å². The van der Waals surface area contributed by atoms with E-state index in [4.69, 9.17) is 14.6 Å². The van der Waals surface area contributed by atoms with Gasteiger partial charge in [0.05, 0.1) is 18.8 Å². The topological polar surface area (TPSA) is 125 Å². The van der Waals surface area contributed by atoms with Gasteiger partial charge in [0.15, 0.2) is 6.04 Å². The minimum atomic E-state index is -1.34. The van der Waals surface area contributed by atoms with Gasteiger partial charge in [-0.05, 0) is 13.8 Å². The van der Waals surface area contributed by atoms with Crippen LogP contribution in [-0.4, -0.2) is 39.8 Å². The highest BCUT2D eigenvalue weighted by Crippen LogP contribution is 2.07. The van der Waals surface area contributed by atoms with Crippen molar-refractivity contribution in [2.75, 3.05) is 6.61 Å². The molecule has 0 spiro atoms. The number of carbonyl (C=O) groups is 2. The molecule has 1 aromatic heterocycles. The lowest BCUT2D eigenvalue weighted by Crippen LogP contribution is -2.47. The molecule has 0 fully saturated rings. The molecule has 0 radical (unpaired) electrons. The minimum absolute atomic E-state index is 0.0400. The largest absolute Gasteiger partial charge is 0.480 e. The molecule has 0 aliphatic rings. The van der Waals surface area contributed by atoms with Crippen LogP contribution in [0.3, 0.4) is 0 Å². The molecule has 1 aromatic rings. The van der Waals surface area contributed by atoms with Crippen LogP contribution in [0.25, 0.3) is 0 Å². The van der Waals surface area contributed by atoms with Crippen molar-refractivity contribution in [3.8, 4) is 0 Å². The Morgan fingerprint density at radius 2 is 2.11 bits per heavy atom. The van der Waals surface area contributed by atoms with Gasteiger partial charge in [-0.3, -0.25) is 0 Å². The van der Waals surface area contributed by atoms with Gasteiger partial charge in [-0.25, -0.2) is 14.6 Å². The Balaban J connectivity index is 2.44. The van der Waals surface area contributed by atoms with Gasteiger partial charge in [0.1, 0.15) is 5.76 Å². The molecule has 4 N–H and O–H groups in total. The lowest BCUT2D eigenvalue weighted by molar-refractivity contribution is -0.140. The maximum Gasteiger partial charge on any atom is 0.328 e. The maximum absolute atomic E-state index is 11.3. The molecule has 1 heterocycles. The average Bonchev–Trinajstić information content (AvgIpc) is 2.63. The second kappa shape index (κ2) is 6.01. The number of nitrogens with zero attached hydrogens (tertiary/aromatic N) is 1. The Morgan fingerprint density at radius 1 is 1.44 bits per heavy atom. The van der Waals surface area contributed by atoms with Gasteiger partial charge in [0.2, 0.25) is 5.89 Å². The zero-order valence-corrected chi connectivity index (χ0v) is 10.1. The first-order valence-corrected chi connectivity index (χ1v) is 5.25. The van der Waals surface area contributed by atoms with E-state index in [1.165, 1.54) is 0 Å². The van der Waals surface area contributed by atoms with Crippen LogP contribution in [0.1, 0.15) is 17.3 Å². The Hall–Kier alpha value is -2.09. The van der Waals surface area contributed by atoms with Crippen LogP contribution >= 0.6 is 0 Å². The first kappa shape index (κ1) is 14.0. The zero-order valence-electron chi connectivity index (χ0n) is 10.1. The van der Waals surface area contributed by atoms with Crippen LogP contribution in [0.4, 0.5) is 4.79 Å². The van der Waals surface area contributed by atoms with E-state index in [9.17, 15) is 9.59 Å². The van der Waals surface area contributed by atoms with Crippen LogP contribution in [-0.2, 0) is 11.3 Å². The highest BCUT2D eigenvalue weighted by atomic mass is 16.4. The van der Waals surface area contributed by atoms with E-state index in [1.807, 2.05) is 0 Å². The third kappa shape index (κ3) is 3.74. The number of aromatic nitrogens is 1. The molecule has 1 unspecified atom stereocenters. The summed E-state index contributed by atoms with van der Waals surface area (Å²) in [5.41, 5.74) is 0.728. The molecule has 0 saturated carbocycles. The molecule has 1 rings (SSSR count). The standard InChI is InChI=1S/C10H15N3O5/c1-5-6(2)18-8(12-5)3-11-10(17)13-7(4-14)9(15)16/h7,14H,3-4H2,1-2H3,(H,15,16)(H2,11,13,17). The Morgan fingerprint density at radius 3 is 2.56 bits per heavy atom. The summed E-state index contributed by atoms with van der Waals surface area (Å²) in [6, 6.07) is -2.05. The van der Waals surface area contributed by atoms with Crippen molar-refractivity contribution in [3.63, 3.8) is 0 Å². The van der Waals surface area contributed by atoms with E-state index >= 15 is 0 Å². The number of hydrogen-bond donors (Lipinski definition) is 4. The summed E-state index contributed by atoms with van der Waals surface area (Å²) in [6.45, 7) is 2.88. The van der Waals surface area contributed by atoms with Gasteiger partial charge in [-0.15, -0.1) is 0 Å². The molecule has 8 heteroatoms. The summed E-state index contributed by atoms with van der Waals surface area (Å²) >= 11 is 0. The molecule has 18 heavy (non-hydrogen) atoms. The number of aliphatic hydroxyl groups excluding tert-OH is 1. The fourth-order valence-electron chi connectivity index (χ4n) is 1.17. The van der Waals surface area contributed by atoms with E-state index in [0.717, 1.165) is 5.69 Å². The number of aryl methyl sites for hydroxylation is 2. The molecule has 0 aliphatic heterocycles. The minimum Gasteiger partial charge on any atom is -0.480 e. The number of nitrogens with one attached hydrogen (secondary N) is 2. The molecule has 0 bridgehead atoms. The molecule has 2 amide bonds. The smallest absolute Gasteiger partial charge is 0.328 e. The maximum atomic E-state index is 11.3. The van der Waals surface area contributed by atoms with E-state index < -0.39 is 24.6 Å². The highest BCUT2D eigenvalue weighted by molar-refractivity contribution is 5.82. The van der Waals surface area contributed by atoms with Gasteiger partial charge < -0.3 is 25.3 Å². The number of carboxylic acids is 1. The molecule has 0 aromatic carbocycles. The predicted octanol–water partition coefficient (Wildman–Crippen LogP) is -0.464. The third-order valence-electron chi connectivity index (χ3n) is 2.26. The van der Waals surface area contributed by atoms with Gasteiger partial charge >= 0.3 is 12.0 Å². The van der Waals surface area contributed by atoms with Crippen LogP contribution in [0.2, 0.25) is 0 Å². The third-order valence-corrected chi connectivity index (χ3v) is 2.26. The van der Waals surface area contributed by atoms with Crippen LogP contribution in [0, 0.1) is 13.8 Å². The number of urea groups is 1. The summed E-state index contributed by atoms with van der Waals surface area (Å²) in [5.74, 6) is -0.322. The Kier molecular flexibility index (Phi) is 4.67. The summed E-state index contributed by atoms with van der Waals surface area (Å²) in [4.78, 5) is 25.9. The number of hydrogen-bond acceptors (Lipinski definition) is 5. The first-order valence-electron chi connectivity index (χ1n) is 5.25. The molecule has 1 atom stereocenters. The van der Waals surface area contributed by atoms with Crippen molar-refractivity contribution >= 4 is 12.0 Å². The van der Waals surface area contributed by atoms with Crippen molar-refractivity contribution in [3.05, 3.63) is 17.3 Å². The van der Waals surface area contributed by atoms with Crippen molar-refractivity contribution < 1.29 is 24.2 Å². The average molecular weight is 257 g/mol. The summed E-state index contributed by atoms with van der Waals surface area (Å²) in [7, 11) is 0. The Labute approximate surface area is 103 Å². The SMILES string of the molecule is Cc1nc(CNC(=O)NC(CO)C(=O)O)oc1C. The molecule has 8 nitrogen and oxygen atoms in total. The molecular weight excluding hydrogens is 242 g/mol. The lowest BCUT2D eigenvalue weighted by Gasteiger charge is -2.11. The normalized spacial score (nSPS) is 11.9. The predicted molar refractivity (Wildman–Crippen MR) is 59.9 cm³/mol. The molecule has 100 valence electrons. The van der Waals surface area contributed by atoms with Crippen molar-refractivity contribution in [2.24, 2.45) is 0 Å². The number of rotatable bonds is 5. The highest BCUT2D eigenvalue weighted by Gasteiger charge is 2.18. The fraction of sp³-hybridized carbons (Fsp3) is 0.500. The number of aliphatic hydroxyl groups is 1. The second-order valence-electron chi connectivity index (χ2n) is 3.65. The fourth-order valence-corrected chi connectivity index (χ4v) is 1.17. The van der Waals surface area contributed by atoms with Gasteiger partial charge in [-0.1, -0.05) is 0 Å². The van der Waals surface area contributed by atoms with Crippen molar-refractivity contribution in [2.45, 2.75) is 26.4 Å². The van der Waals surface area contributed by atoms with Crippen molar-refractivity contribution in [1.29, 1.82) is 0 Å².